The third-order valence-corrected chi connectivity index (χ3v) is 1.73. The highest BCUT2D eigenvalue weighted by Crippen LogP contribution is 2.11. The number of benzene rings is 1. The maximum absolute atomic E-state index is 12.6. The maximum atomic E-state index is 12.6. The molecule has 0 fully saturated rings. The van der Waals surface area contributed by atoms with Crippen molar-refractivity contribution in [1.82, 2.24) is 20.2 Å². The first-order valence-corrected chi connectivity index (χ1v) is 4.35. The Morgan fingerprint density at radius 2 is 2.07 bits per heavy atom. The van der Waals surface area contributed by atoms with Crippen molar-refractivity contribution in [3.8, 4) is 5.75 Å². The standard InChI is InChI=1S/C9H9FN4O/c1-14-12-9(11-13-14)6-15-8-4-2-7(10)3-5-8/h2-5H,6H2,1H3. The van der Waals surface area contributed by atoms with Crippen LogP contribution in [0.5, 0.6) is 5.75 Å². The lowest BCUT2D eigenvalue weighted by Gasteiger charge is -2.01. The first-order chi connectivity index (χ1) is 7.24. The average molecular weight is 208 g/mol. The lowest BCUT2D eigenvalue weighted by molar-refractivity contribution is 0.295. The third kappa shape index (κ3) is 2.49. The SMILES string of the molecule is Cn1nnc(COc2ccc(F)cc2)n1. The van der Waals surface area contributed by atoms with Crippen LogP contribution in [-0.2, 0) is 13.7 Å². The van der Waals surface area contributed by atoms with Gasteiger partial charge in [-0.1, -0.05) is 0 Å². The van der Waals surface area contributed by atoms with Crippen LogP contribution in [0.1, 0.15) is 5.82 Å². The highest BCUT2D eigenvalue weighted by atomic mass is 19.1. The molecule has 0 aliphatic heterocycles. The van der Waals surface area contributed by atoms with E-state index in [1.165, 1.54) is 16.9 Å². The lowest BCUT2D eigenvalue weighted by atomic mass is 10.3. The minimum atomic E-state index is -0.292. The molecule has 0 aliphatic rings. The first kappa shape index (κ1) is 9.57. The number of hydrogen-bond acceptors (Lipinski definition) is 4. The topological polar surface area (TPSA) is 52.8 Å². The Morgan fingerprint density at radius 1 is 1.33 bits per heavy atom. The van der Waals surface area contributed by atoms with Gasteiger partial charge in [-0.15, -0.1) is 10.2 Å². The summed E-state index contributed by atoms with van der Waals surface area (Å²) in [5.74, 6) is 0.769. The predicted octanol–water partition coefficient (Wildman–Crippen LogP) is 0.928. The summed E-state index contributed by atoms with van der Waals surface area (Å²) in [6.07, 6.45) is 0. The zero-order chi connectivity index (χ0) is 10.7. The maximum Gasteiger partial charge on any atom is 0.212 e. The van der Waals surface area contributed by atoms with Crippen molar-refractivity contribution in [3.05, 3.63) is 35.9 Å². The van der Waals surface area contributed by atoms with Crippen molar-refractivity contribution in [2.45, 2.75) is 6.61 Å². The molecule has 0 aliphatic carbocycles. The molecule has 78 valence electrons. The molecule has 6 heteroatoms. The molecule has 0 atom stereocenters. The summed E-state index contributed by atoms with van der Waals surface area (Å²) < 4.78 is 17.9. The van der Waals surface area contributed by atoms with E-state index in [1.807, 2.05) is 0 Å². The zero-order valence-corrected chi connectivity index (χ0v) is 8.09. The van der Waals surface area contributed by atoms with Gasteiger partial charge in [-0.05, 0) is 29.5 Å². The summed E-state index contributed by atoms with van der Waals surface area (Å²) in [6.45, 7) is 0.222. The number of tetrazole rings is 1. The van der Waals surface area contributed by atoms with Gasteiger partial charge in [0.05, 0.1) is 7.05 Å². The fourth-order valence-corrected chi connectivity index (χ4v) is 1.06. The minimum Gasteiger partial charge on any atom is -0.485 e. The van der Waals surface area contributed by atoms with Gasteiger partial charge in [0.15, 0.2) is 6.61 Å². The van der Waals surface area contributed by atoms with E-state index in [1.54, 1.807) is 19.2 Å². The van der Waals surface area contributed by atoms with Crippen LogP contribution in [0, 0.1) is 5.82 Å². The summed E-state index contributed by atoms with van der Waals surface area (Å²) in [7, 11) is 1.67. The second-order valence-corrected chi connectivity index (χ2v) is 2.94. The minimum absolute atomic E-state index is 0.222. The molecule has 1 aromatic carbocycles. The van der Waals surface area contributed by atoms with Crippen LogP contribution in [0.3, 0.4) is 0 Å². The smallest absolute Gasteiger partial charge is 0.212 e. The van der Waals surface area contributed by atoms with Crippen molar-refractivity contribution in [1.29, 1.82) is 0 Å². The Morgan fingerprint density at radius 3 is 2.67 bits per heavy atom. The van der Waals surface area contributed by atoms with Gasteiger partial charge < -0.3 is 4.74 Å². The molecule has 0 spiro atoms. The van der Waals surface area contributed by atoms with Gasteiger partial charge in [-0.3, -0.25) is 0 Å². The molecule has 1 heterocycles. The van der Waals surface area contributed by atoms with Crippen LogP contribution in [-0.4, -0.2) is 20.2 Å². The molecule has 0 bridgehead atoms. The molecular weight excluding hydrogens is 199 g/mol. The first-order valence-electron chi connectivity index (χ1n) is 4.35. The third-order valence-electron chi connectivity index (χ3n) is 1.73. The second-order valence-electron chi connectivity index (χ2n) is 2.94. The highest BCUT2D eigenvalue weighted by molar-refractivity contribution is 5.22. The predicted molar refractivity (Wildman–Crippen MR) is 49.5 cm³/mol. The number of nitrogens with zero attached hydrogens (tertiary/aromatic N) is 4. The fourth-order valence-electron chi connectivity index (χ4n) is 1.06. The van der Waals surface area contributed by atoms with Crippen LogP contribution in [0.2, 0.25) is 0 Å². The van der Waals surface area contributed by atoms with Crippen molar-refractivity contribution in [3.63, 3.8) is 0 Å². The monoisotopic (exact) mass is 208 g/mol. The Bertz CT molecular complexity index is 440. The van der Waals surface area contributed by atoms with Gasteiger partial charge in [0.2, 0.25) is 5.82 Å². The quantitative estimate of drug-likeness (QED) is 0.752. The van der Waals surface area contributed by atoms with Gasteiger partial charge in [0.1, 0.15) is 11.6 Å². The number of ether oxygens (including phenoxy) is 1. The summed E-state index contributed by atoms with van der Waals surface area (Å²) in [4.78, 5) is 1.35. The van der Waals surface area contributed by atoms with Crippen LogP contribution < -0.4 is 4.74 Å². The van der Waals surface area contributed by atoms with Crippen molar-refractivity contribution < 1.29 is 9.13 Å². The van der Waals surface area contributed by atoms with Crippen molar-refractivity contribution >= 4 is 0 Å². The van der Waals surface area contributed by atoms with E-state index >= 15 is 0 Å². The van der Waals surface area contributed by atoms with E-state index in [0.29, 0.717) is 11.6 Å². The van der Waals surface area contributed by atoms with E-state index in [9.17, 15) is 4.39 Å². The molecule has 2 rings (SSSR count). The van der Waals surface area contributed by atoms with E-state index in [0.717, 1.165) is 0 Å². The lowest BCUT2D eigenvalue weighted by Crippen LogP contribution is -1.99. The van der Waals surface area contributed by atoms with E-state index in [4.69, 9.17) is 4.74 Å². The number of hydrogen-bond donors (Lipinski definition) is 0. The normalized spacial score (nSPS) is 10.3. The Balaban J connectivity index is 1.96. The van der Waals surface area contributed by atoms with Crippen LogP contribution in [0.4, 0.5) is 4.39 Å². The zero-order valence-electron chi connectivity index (χ0n) is 8.09. The van der Waals surface area contributed by atoms with Gasteiger partial charge >= 0.3 is 0 Å². The Kier molecular flexibility index (Phi) is 2.57. The molecule has 0 saturated heterocycles. The largest absolute Gasteiger partial charge is 0.485 e. The number of halogens is 1. The second kappa shape index (κ2) is 4.04. The highest BCUT2D eigenvalue weighted by Gasteiger charge is 2.01. The van der Waals surface area contributed by atoms with Gasteiger partial charge in [-0.2, -0.15) is 4.80 Å². The van der Waals surface area contributed by atoms with Crippen molar-refractivity contribution in [2.75, 3.05) is 0 Å². The van der Waals surface area contributed by atoms with Crippen LogP contribution >= 0.6 is 0 Å². The van der Waals surface area contributed by atoms with Crippen LogP contribution in [0.15, 0.2) is 24.3 Å². The Labute approximate surface area is 85.5 Å². The molecule has 1 aromatic heterocycles. The van der Waals surface area contributed by atoms with E-state index in [2.05, 4.69) is 15.4 Å². The summed E-state index contributed by atoms with van der Waals surface area (Å²) in [6, 6.07) is 5.76. The average Bonchev–Trinajstić information content (AvgIpc) is 2.64. The fraction of sp³-hybridized carbons (Fsp3) is 0.222. The van der Waals surface area contributed by atoms with Gasteiger partial charge in [-0.25, -0.2) is 4.39 Å². The Hall–Kier alpha value is -1.98. The molecule has 5 nitrogen and oxygen atoms in total. The van der Waals surface area contributed by atoms with Crippen molar-refractivity contribution in [2.24, 2.45) is 7.05 Å². The molecular formula is C9H9FN4O. The molecule has 15 heavy (non-hydrogen) atoms. The summed E-state index contributed by atoms with van der Waals surface area (Å²) in [5, 5.41) is 11.3. The summed E-state index contributed by atoms with van der Waals surface area (Å²) in [5.41, 5.74) is 0. The van der Waals surface area contributed by atoms with Gasteiger partial charge in [0.25, 0.3) is 0 Å². The molecule has 0 amide bonds. The molecule has 0 N–H and O–H groups in total. The van der Waals surface area contributed by atoms with E-state index in [-0.39, 0.29) is 12.4 Å². The number of rotatable bonds is 3. The molecule has 2 aromatic rings. The van der Waals surface area contributed by atoms with Gasteiger partial charge in [0, 0.05) is 0 Å². The van der Waals surface area contributed by atoms with E-state index < -0.39 is 0 Å². The number of aryl methyl sites for hydroxylation is 1. The van der Waals surface area contributed by atoms with Crippen LogP contribution in [0.25, 0.3) is 0 Å². The molecule has 0 radical (unpaired) electrons. The summed E-state index contributed by atoms with van der Waals surface area (Å²) >= 11 is 0. The molecule has 0 unspecified atom stereocenters. The molecule has 0 saturated carbocycles. The number of aromatic nitrogens is 4.